The number of nitrogens with zero attached hydrogens (tertiary/aromatic N) is 5. The summed E-state index contributed by atoms with van der Waals surface area (Å²) < 4.78 is 13.0. The van der Waals surface area contributed by atoms with Gasteiger partial charge >= 0.3 is 6.01 Å². The van der Waals surface area contributed by atoms with Crippen molar-refractivity contribution in [1.82, 2.24) is 25.0 Å². The number of anilines is 1. The zero-order chi connectivity index (χ0) is 17.2. The Balaban J connectivity index is 1.32. The van der Waals surface area contributed by atoms with Crippen LogP contribution in [0.1, 0.15) is 56.3 Å². The molecule has 1 N–H and O–H groups in total. The van der Waals surface area contributed by atoms with Crippen molar-refractivity contribution >= 4 is 23.7 Å². The molecule has 25 heavy (non-hydrogen) atoms. The van der Waals surface area contributed by atoms with Gasteiger partial charge in [-0.05, 0) is 32.6 Å². The standard InChI is InChI=1S/C15H20N6O3S/c1-2-21-12(9-5-6-9)17-20-15(21)25-8-11(22)16-14-19-18-13(24-14)10-4-3-7-23-10/h9-10H,2-8H2,1H3,(H,16,19,22)/t10-/m1/s1. The van der Waals surface area contributed by atoms with Gasteiger partial charge in [-0.1, -0.05) is 16.9 Å². The molecule has 1 atom stereocenters. The average molecular weight is 364 g/mol. The summed E-state index contributed by atoms with van der Waals surface area (Å²) in [7, 11) is 0. The van der Waals surface area contributed by atoms with E-state index in [-0.39, 0.29) is 23.8 Å². The summed E-state index contributed by atoms with van der Waals surface area (Å²) in [5, 5.41) is 19.7. The third-order valence-corrected chi connectivity index (χ3v) is 5.20. The molecule has 4 rings (SSSR count). The van der Waals surface area contributed by atoms with E-state index in [0.717, 1.165) is 30.4 Å². The van der Waals surface area contributed by atoms with Crippen molar-refractivity contribution in [3.05, 3.63) is 11.7 Å². The highest BCUT2D eigenvalue weighted by atomic mass is 32.2. The summed E-state index contributed by atoms with van der Waals surface area (Å²) in [4.78, 5) is 12.1. The van der Waals surface area contributed by atoms with Crippen molar-refractivity contribution < 1.29 is 13.9 Å². The van der Waals surface area contributed by atoms with Gasteiger partial charge in [0.2, 0.25) is 11.8 Å². The second-order valence-electron chi connectivity index (χ2n) is 6.14. The smallest absolute Gasteiger partial charge is 0.322 e. The number of nitrogens with one attached hydrogen (secondary N) is 1. The summed E-state index contributed by atoms with van der Waals surface area (Å²) in [6.07, 6.45) is 4.03. The van der Waals surface area contributed by atoms with E-state index in [1.54, 1.807) is 0 Å². The van der Waals surface area contributed by atoms with Crippen LogP contribution in [0.4, 0.5) is 6.01 Å². The van der Waals surface area contributed by atoms with Crippen LogP contribution in [-0.2, 0) is 16.1 Å². The zero-order valence-electron chi connectivity index (χ0n) is 14.0. The first-order chi connectivity index (χ1) is 12.2. The average Bonchev–Trinajstić information content (AvgIpc) is 3.05. The molecule has 3 heterocycles. The topological polar surface area (TPSA) is 108 Å². The highest BCUT2D eigenvalue weighted by Crippen LogP contribution is 2.40. The van der Waals surface area contributed by atoms with E-state index in [9.17, 15) is 4.79 Å². The van der Waals surface area contributed by atoms with Gasteiger partial charge in [0.1, 0.15) is 11.9 Å². The van der Waals surface area contributed by atoms with Gasteiger partial charge in [0.25, 0.3) is 0 Å². The van der Waals surface area contributed by atoms with Gasteiger partial charge in [0, 0.05) is 19.1 Å². The second kappa shape index (κ2) is 7.12. The number of aromatic nitrogens is 5. The highest BCUT2D eigenvalue weighted by Gasteiger charge is 2.30. The molecule has 134 valence electrons. The first-order valence-corrected chi connectivity index (χ1v) is 9.54. The molecular weight excluding hydrogens is 344 g/mol. The van der Waals surface area contributed by atoms with Gasteiger partial charge in [0.05, 0.1) is 5.75 Å². The maximum absolute atomic E-state index is 12.1. The molecule has 1 saturated heterocycles. The molecule has 2 fully saturated rings. The van der Waals surface area contributed by atoms with Crippen LogP contribution in [0.25, 0.3) is 0 Å². The summed E-state index contributed by atoms with van der Waals surface area (Å²) in [6.45, 7) is 3.56. The van der Waals surface area contributed by atoms with Gasteiger partial charge in [-0.25, -0.2) is 0 Å². The van der Waals surface area contributed by atoms with E-state index in [1.165, 1.54) is 24.6 Å². The number of hydrogen-bond donors (Lipinski definition) is 1. The molecule has 0 radical (unpaired) electrons. The number of hydrogen-bond acceptors (Lipinski definition) is 8. The minimum absolute atomic E-state index is 0.103. The lowest BCUT2D eigenvalue weighted by molar-refractivity contribution is -0.113. The SMILES string of the molecule is CCn1c(SCC(=O)Nc2nnc([C@H]3CCCO3)o2)nnc1C1CC1. The van der Waals surface area contributed by atoms with Crippen molar-refractivity contribution in [2.45, 2.75) is 56.3 Å². The number of rotatable bonds is 7. The number of amides is 1. The van der Waals surface area contributed by atoms with Crippen LogP contribution in [-0.4, -0.2) is 43.2 Å². The summed E-state index contributed by atoms with van der Waals surface area (Å²) in [5.74, 6) is 1.97. The van der Waals surface area contributed by atoms with Crippen LogP contribution in [0.2, 0.25) is 0 Å². The molecule has 1 saturated carbocycles. The normalized spacial score (nSPS) is 20.1. The molecule has 2 aliphatic rings. The molecule has 0 aromatic carbocycles. The van der Waals surface area contributed by atoms with Crippen molar-refractivity contribution in [2.75, 3.05) is 17.7 Å². The fourth-order valence-electron chi connectivity index (χ4n) is 2.82. The molecule has 0 bridgehead atoms. The van der Waals surface area contributed by atoms with Gasteiger partial charge in [0.15, 0.2) is 5.16 Å². The van der Waals surface area contributed by atoms with Crippen LogP contribution in [0.5, 0.6) is 0 Å². The lowest BCUT2D eigenvalue weighted by Crippen LogP contribution is -2.15. The molecule has 0 unspecified atom stereocenters. The predicted octanol–water partition coefficient (Wildman–Crippen LogP) is 2.14. The van der Waals surface area contributed by atoms with Gasteiger partial charge in [-0.3, -0.25) is 10.1 Å². The fraction of sp³-hybridized carbons (Fsp3) is 0.667. The largest absolute Gasteiger partial charge is 0.405 e. The van der Waals surface area contributed by atoms with Crippen LogP contribution in [0.3, 0.4) is 0 Å². The van der Waals surface area contributed by atoms with E-state index in [4.69, 9.17) is 9.15 Å². The summed E-state index contributed by atoms with van der Waals surface area (Å²) in [6, 6.07) is 0.103. The Kier molecular flexibility index (Phi) is 4.71. The first kappa shape index (κ1) is 16.5. The molecule has 1 aliphatic heterocycles. The zero-order valence-corrected chi connectivity index (χ0v) is 14.8. The quantitative estimate of drug-likeness (QED) is 0.745. The molecule has 0 spiro atoms. The second-order valence-corrected chi connectivity index (χ2v) is 7.09. The van der Waals surface area contributed by atoms with Gasteiger partial charge < -0.3 is 13.7 Å². The van der Waals surface area contributed by atoms with Crippen molar-refractivity contribution in [3.63, 3.8) is 0 Å². The van der Waals surface area contributed by atoms with Crippen LogP contribution >= 0.6 is 11.8 Å². The van der Waals surface area contributed by atoms with Gasteiger partial charge in [-0.2, -0.15) is 0 Å². The van der Waals surface area contributed by atoms with E-state index in [1.807, 2.05) is 0 Å². The van der Waals surface area contributed by atoms with Crippen LogP contribution in [0, 0.1) is 0 Å². The molecule has 9 nitrogen and oxygen atoms in total. The number of carbonyl (C=O) groups excluding carboxylic acids is 1. The highest BCUT2D eigenvalue weighted by molar-refractivity contribution is 7.99. The monoisotopic (exact) mass is 364 g/mol. The maximum Gasteiger partial charge on any atom is 0.322 e. The van der Waals surface area contributed by atoms with Gasteiger partial charge in [-0.15, -0.1) is 15.3 Å². The summed E-state index contributed by atoms with van der Waals surface area (Å²) >= 11 is 1.36. The third kappa shape index (κ3) is 3.69. The van der Waals surface area contributed by atoms with Crippen molar-refractivity contribution in [3.8, 4) is 0 Å². The Labute approximate surface area is 148 Å². The maximum atomic E-state index is 12.1. The third-order valence-electron chi connectivity index (χ3n) is 4.23. The Bertz CT molecular complexity index is 750. The lowest BCUT2D eigenvalue weighted by Gasteiger charge is -2.06. The minimum atomic E-state index is -0.217. The van der Waals surface area contributed by atoms with Crippen LogP contribution in [0.15, 0.2) is 9.57 Å². The Morgan fingerprint density at radius 2 is 2.16 bits per heavy atom. The van der Waals surface area contributed by atoms with Crippen molar-refractivity contribution in [2.24, 2.45) is 0 Å². The van der Waals surface area contributed by atoms with E-state index in [2.05, 4.69) is 37.2 Å². The van der Waals surface area contributed by atoms with E-state index in [0.29, 0.717) is 18.4 Å². The Morgan fingerprint density at radius 1 is 1.28 bits per heavy atom. The minimum Gasteiger partial charge on any atom is -0.405 e. The summed E-state index contributed by atoms with van der Waals surface area (Å²) in [5.41, 5.74) is 0. The lowest BCUT2D eigenvalue weighted by atomic mass is 10.2. The van der Waals surface area contributed by atoms with Crippen molar-refractivity contribution in [1.29, 1.82) is 0 Å². The van der Waals surface area contributed by atoms with E-state index >= 15 is 0 Å². The molecule has 1 amide bonds. The molecule has 10 heteroatoms. The molecule has 2 aromatic rings. The fourth-order valence-corrected chi connectivity index (χ4v) is 3.63. The molecule has 1 aliphatic carbocycles. The number of thioether (sulfide) groups is 1. The first-order valence-electron chi connectivity index (χ1n) is 8.55. The number of carbonyl (C=O) groups is 1. The molecular formula is C15H20N6O3S. The Hall–Kier alpha value is -1.94. The van der Waals surface area contributed by atoms with E-state index < -0.39 is 0 Å². The van der Waals surface area contributed by atoms with Crippen LogP contribution < -0.4 is 5.32 Å². The number of ether oxygens (including phenoxy) is 1. The predicted molar refractivity (Wildman–Crippen MR) is 89.2 cm³/mol. The molecule has 2 aromatic heterocycles. The Morgan fingerprint density at radius 3 is 2.88 bits per heavy atom.